The van der Waals surface area contributed by atoms with Crippen LogP contribution in [0.25, 0.3) is 5.69 Å². The lowest BCUT2D eigenvalue weighted by molar-refractivity contribution is -0.143. The molecule has 1 saturated heterocycles. The summed E-state index contributed by atoms with van der Waals surface area (Å²) in [6.45, 7) is 10.2. The van der Waals surface area contributed by atoms with Crippen molar-refractivity contribution < 1.29 is 18.8 Å². The van der Waals surface area contributed by atoms with Gasteiger partial charge in [-0.25, -0.2) is 4.98 Å². The van der Waals surface area contributed by atoms with Gasteiger partial charge in [-0.3, -0.25) is 4.79 Å². The first-order valence-electron chi connectivity index (χ1n) is 9.33. The summed E-state index contributed by atoms with van der Waals surface area (Å²) in [4.78, 5) is 16.3. The molecule has 3 rings (SSSR count). The van der Waals surface area contributed by atoms with Crippen LogP contribution in [0.2, 0.25) is 0 Å². The van der Waals surface area contributed by atoms with Gasteiger partial charge in [-0.15, -0.1) is 0 Å². The van der Waals surface area contributed by atoms with Crippen molar-refractivity contribution in [3.8, 4) is 5.69 Å². The van der Waals surface area contributed by atoms with Gasteiger partial charge in [0.25, 0.3) is 0 Å². The van der Waals surface area contributed by atoms with E-state index >= 15 is 0 Å². The zero-order valence-corrected chi connectivity index (χ0v) is 16.6. The molecule has 0 bridgehead atoms. The highest BCUT2D eigenvalue weighted by atomic mass is 16.7. The molecule has 2 heterocycles. The molecule has 1 unspecified atom stereocenters. The highest BCUT2D eigenvalue weighted by Crippen LogP contribution is 2.41. The number of aromatic nitrogens is 2. The fraction of sp³-hybridized carbons (Fsp3) is 0.500. The van der Waals surface area contributed by atoms with Crippen LogP contribution in [0.5, 0.6) is 0 Å². The van der Waals surface area contributed by atoms with Crippen molar-refractivity contribution in [1.29, 1.82) is 0 Å². The molecule has 27 heavy (non-hydrogen) atoms. The van der Waals surface area contributed by atoms with E-state index < -0.39 is 18.3 Å². The molecular weight excluding hydrogens is 343 g/mol. The van der Waals surface area contributed by atoms with Crippen molar-refractivity contribution >= 4 is 13.1 Å². The molecule has 1 aliphatic rings. The zero-order chi connectivity index (χ0) is 19.7. The van der Waals surface area contributed by atoms with Gasteiger partial charge >= 0.3 is 13.1 Å². The molecule has 1 aromatic carbocycles. The van der Waals surface area contributed by atoms with Crippen molar-refractivity contribution in [3.05, 3.63) is 48.5 Å². The fourth-order valence-electron chi connectivity index (χ4n) is 3.13. The molecule has 1 aromatic heterocycles. The molecule has 0 spiro atoms. The van der Waals surface area contributed by atoms with E-state index in [9.17, 15) is 4.79 Å². The minimum atomic E-state index is -0.515. The van der Waals surface area contributed by atoms with Gasteiger partial charge in [0.1, 0.15) is 0 Å². The summed E-state index contributed by atoms with van der Waals surface area (Å²) in [6.07, 6.45) is 5.58. The normalized spacial score (nSPS) is 19.1. The maximum atomic E-state index is 12.2. The molecule has 0 aliphatic carbocycles. The van der Waals surface area contributed by atoms with Crippen molar-refractivity contribution in [2.75, 3.05) is 6.61 Å². The molecule has 0 radical (unpaired) electrons. The van der Waals surface area contributed by atoms with Gasteiger partial charge in [-0.05, 0) is 52.3 Å². The van der Waals surface area contributed by atoms with E-state index in [1.165, 1.54) is 0 Å². The maximum absolute atomic E-state index is 12.2. The predicted octanol–water partition coefficient (Wildman–Crippen LogP) is 3.54. The van der Waals surface area contributed by atoms with E-state index in [-0.39, 0.29) is 18.2 Å². The summed E-state index contributed by atoms with van der Waals surface area (Å²) in [5.74, 6) is -0.502. The number of nitrogens with zero attached hydrogens (tertiary/aromatic N) is 2. The van der Waals surface area contributed by atoms with Crippen molar-refractivity contribution in [2.24, 2.45) is 0 Å². The topological polar surface area (TPSA) is 62.6 Å². The summed E-state index contributed by atoms with van der Waals surface area (Å²) in [7, 11) is -0.515. The molecule has 144 valence electrons. The number of benzene rings is 1. The van der Waals surface area contributed by atoms with Crippen LogP contribution in [-0.2, 0) is 18.8 Å². The number of hydrogen-bond donors (Lipinski definition) is 0. The molecule has 0 amide bonds. The molecule has 1 fully saturated rings. The maximum Gasteiger partial charge on any atom is 0.466 e. The predicted molar refractivity (Wildman–Crippen MR) is 104 cm³/mol. The average molecular weight is 370 g/mol. The molecule has 0 N–H and O–H groups in total. The third kappa shape index (κ3) is 4.09. The first-order valence-corrected chi connectivity index (χ1v) is 9.33. The van der Waals surface area contributed by atoms with Crippen LogP contribution >= 0.6 is 0 Å². The number of rotatable bonds is 6. The number of carbonyl (C=O) groups excluding carboxylic acids is 1. The summed E-state index contributed by atoms with van der Waals surface area (Å²) in [6, 6.07) is 8.01. The summed E-state index contributed by atoms with van der Waals surface area (Å²) in [5, 5.41) is 0. The molecule has 7 heteroatoms. The molecule has 1 aliphatic heterocycles. The Morgan fingerprint density at radius 2 is 1.81 bits per heavy atom. The van der Waals surface area contributed by atoms with Crippen LogP contribution in [0, 0.1) is 0 Å². The largest absolute Gasteiger partial charge is 0.466 e. The van der Waals surface area contributed by atoms with Gasteiger partial charge in [0, 0.05) is 23.9 Å². The molecule has 0 saturated carbocycles. The Labute approximate surface area is 161 Å². The minimum Gasteiger partial charge on any atom is -0.466 e. The summed E-state index contributed by atoms with van der Waals surface area (Å²) in [5.41, 5.74) is 1.06. The third-order valence-electron chi connectivity index (χ3n) is 5.42. The number of esters is 1. The highest BCUT2D eigenvalue weighted by Gasteiger charge is 2.54. The number of carbonyl (C=O) groups is 1. The van der Waals surface area contributed by atoms with Gasteiger partial charge in [0.05, 0.1) is 30.6 Å². The molecule has 1 atom stereocenters. The van der Waals surface area contributed by atoms with Crippen LogP contribution in [0.3, 0.4) is 0 Å². The van der Waals surface area contributed by atoms with Crippen molar-refractivity contribution in [1.82, 2.24) is 9.55 Å². The Morgan fingerprint density at radius 3 is 2.33 bits per heavy atom. The lowest BCUT2D eigenvalue weighted by Gasteiger charge is -2.32. The van der Waals surface area contributed by atoms with E-state index in [1.54, 1.807) is 12.5 Å². The van der Waals surface area contributed by atoms with Crippen LogP contribution < -0.4 is 0 Å². The molecule has 2 aromatic rings. The number of hydrogen-bond acceptors (Lipinski definition) is 5. The lowest BCUT2D eigenvalue weighted by Crippen LogP contribution is -2.41. The van der Waals surface area contributed by atoms with Gasteiger partial charge in [0.2, 0.25) is 0 Å². The van der Waals surface area contributed by atoms with E-state index in [0.717, 1.165) is 11.3 Å². The Hall–Kier alpha value is -2.12. The van der Waals surface area contributed by atoms with Gasteiger partial charge < -0.3 is 18.6 Å². The number of ether oxygens (including phenoxy) is 1. The first-order chi connectivity index (χ1) is 12.7. The van der Waals surface area contributed by atoms with Crippen LogP contribution in [-0.4, -0.2) is 40.4 Å². The second-order valence-electron chi connectivity index (χ2n) is 7.80. The second kappa shape index (κ2) is 7.48. The van der Waals surface area contributed by atoms with Crippen molar-refractivity contribution in [3.63, 3.8) is 0 Å². The summed E-state index contributed by atoms with van der Waals surface area (Å²) >= 11 is 0. The Kier molecular flexibility index (Phi) is 5.44. The van der Waals surface area contributed by atoms with Gasteiger partial charge in [-0.2, -0.15) is 0 Å². The highest BCUT2D eigenvalue weighted by molar-refractivity contribution is 6.48. The Balaban J connectivity index is 1.87. The molecule has 6 nitrogen and oxygen atoms in total. The monoisotopic (exact) mass is 370 g/mol. The summed E-state index contributed by atoms with van der Waals surface area (Å²) < 4.78 is 19.5. The number of imidazole rings is 1. The van der Waals surface area contributed by atoms with Crippen LogP contribution in [0.15, 0.2) is 43.0 Å². The standard InChI is InChI=1S/C20H27BN2O4/c1-6-25-18(24)13-17(21-26-19(2,3)20(4,5)27-21)15-7-9-16(10-8-15)23-12-11-22-14-23/h7-12,14,17H,6,13H2,1-5H3. The van der Waals surface area contributed by atoms with Crippen LogP contribution in [0.4, 0.5) is 0 Å². The van der Waals surface area contributed by atoms with E-state index in [4.69, 9.17) is 14.0 Å². The average Bonchev–Trinajstić information content (AvgIpc) is 3.20. The Morgan fingerprint density at radius 1 is 1.19 bits per heavy atom. The van der Waals surface area contributed by atoms with E-state index in [1.807, 2.05) is 69.6 Å². The quantitative estimate of drug-likeness (QED) is 0.575. The smallest absolute Gasteiger partial charge is 0.466 e. The van der Waals surface area contributed by atoms with E-state index in [0.29, 0.717) is 6.61 Å². The minimum absolute atomic E-state index is 0.203. The molecular formula is C20H27BN2O4. The van der Waals surface area contributed by atoms with Gasteiger partial charge in [0.15, 0.2) is 0 Å². The van der Waals surface area contributed by atoms with Crippen molar-refractivity contribution in [2.45, 2.75) is 58.1 Å². The van der Waals surface area contributed by atoms with Crippen LogP contribution in [0.1, 0.15) is 52.4 Å². The fourth-order valence-corrected chi connectivity index (χ4v) is 3.13. The van der Waals surface area contributed by atoms with Gasteiger partial charge in [-0.1, -0.05) is 12.1 Å². The SMILES string of the molecule is CCOC(=O)CC(B1OC(C)(C)C(C)(C)O1)c1ccc(-n2ccnc2)cc1. The zero-order valence-electron chi connectivity index (χ0n) is 16.6. The lowest BCUT2D eigenvalue weighted by atomic mass is 9.66. The Bertz CT molecular complexity index is 756. The third-order valence-corrected chi connectivity index (χ3v) is 5.42. The first kappa shape index (κ1) is 19.6. The van der Waals surface area contributed by atoms with E-state index in [2.05, 4.69) is 4.98 Å². The second-order valence-corrected chi connectivity index (χ2v) is 7.80.